The molecular formula is C8H19N3O. The third kappa shape index (κ3) is 7.50. The van der Waals surface area contributed by atoms with Crippen molar-refractivity contribution in [3.05, 3.63) is 0 Å². The average molecular weight is 173 g/mol. The van der Waals surface area contributed by atoms with E-state index in [9.17, 15) is 4.79 Å². The van der Waals surface area contributed by atoms with E-state index in [1.54, 1.807) is 0 Å². The van der Waals surface area contributed by atoms with Crippen molar-refractivity contribution in [3.8, 4) is 0 Å². The number of carbonyl (C=O) groups is 1. The van der Waals surface area contributed by atoms with Gasteiger partial charge in [0, 0.05) is 19.6 Å². The molecule has 0 aromatic carbocycles. The molecule has 1 amide bonds. The largest absolute Gasteiger partial charge is 0.355 e. The van der Waals surface area contributed by atoms with Crippen LogP contribution in [0.2, 0.25) is 0 Å². The molecule has 0 atom stereocenters. The molecule has 0 fully saturated rings. The number of carbonyl (C=O) groups excluding carboxylic acids is 1. The van der Waals surface area contributed by atoms with E-state index in [0.29, 0.717) is 13.1 Å². The topological polar surface area (TPSA) is 44.4 Å². The molecule has 0 saturated carbocycles. The van der Waals surface area contributed by atoms with Gasteiger partial charge in [-0.25, -0.2) is 0 Å². The summed E-state index contributed by atoms with van der Waals surface area (Å²) in [5.74, 6) is 0.0660. The van der Waals surface area contributed by atoms with Gasteiger partial charge in [-0.3, -0.25) is 4.79 Å². The maximum absolute atomic E-state index is 10.9. The van der Waals surface area contributed by atoms with Gasteiger partial charge in [0.25, 0.3) is 0 Å². The molecule has 0 aromatic heterocycles. The summed E-state index contributed by atoms with van der Waals surface area (Å²) in [6.45, 7) is 4.84. The molecule has 12 heavy (non-hydrogen) atoms. The molecule has 0 aliphatic heterocycles. The first-order valence-corrected chi connectivity index (χ1v) is 4.29. The molecule has 4 nitrogen and oxygen atoms in total. The highest BCUT2D eigenvalue weighted by Gasteiger charge is 1.96. The van der Waals surface area contributed by atoms with E-state index < -0.39 is 0 Å². The van der Waals surface area contributed by atoms with Gasteiger partial charge in [-0.15, -0.1) is 0 Å². The van der Waals surface area contributed by atoms with Crippen LogP contribution in [0.5, 0.6) is 0 Å². The highest BCUT2D eigenvalue weighted by molar-refractivity contribution is 5.77. The number of hydrogen-bond donors (Lipinski definition) is 2. The van der Waals surface area contributed by atoms with E-state index in [0.717, 1.165) is 13.1 Å². The van der Waals surface area contributed by atoms with Crippen LogP contribution >= 0.6 is 0 Å². The molecule has 0 aliphatic rings. The summed E-state index contributed by atoms with van der Waals surface area (Å²) >= 11 is 0. The van der Waals surface area contributed by atoms with Gasteiger partial charge in [0.15, 0.2) is 0 Å². The number of nitrogens with zero attached hydrogens (tertiary/aromatic N) is 1. The fourth-order valence-electron chi connectivity index (χ4n) is 0.764. The molecule has 4 heteroatoms. The van der Waals surface area contributed by atoms with Gasteiger partial charge < -0.3 is 15.5 Å². The Hall–Kier alpha value is -0.610. The smallest absolute Gasteiger partial charge is 0.233 e. The molecule has 2 N–H and O–H groups in total. The lowest BCUT2D eigenvalue weighted by atomic mass is 10.5. The van der Waals surface area contributed by atoms with E-state index in [1.807, 2.05) is 21.0 Å². The monoisotopic (exact) mass is 173 g/mol. The molecule has 0 saturated heterocycles. The van der Waals surface area contributed by atoms with Gasteiger partial charge in [0.1, 0.15) is 0 Å². The van der Waals surface area contributed by atoms with Crippen LogP contribution in [-0.4, -0.2) is 51.1 Å². The van der Waals surface area contributed by atoms with Crippen molar-refractivity contribution < 1.29 is 4.79 Å². The molecule has 0 radical (unpaired) electrons. The Balaban J connectivity index is 3.14. The van der Waals surface area contributed by atoms with Crippen LogP contribution in [0.4, 0.5) is 0 Å². The van der Waals surface area contributed by atoms with Crippen LogP contribution in [0.3, 0.4) is 0 Å². The zero-order chi connectivity index (χ0) is 9.40. The van der Waals surface area contributed by atoms with Crippen LogP contribution in [-0.2, 0) is 4.79 Å². The Labute approximate surface area is 74.3 Å². The Morgan fingerprint density at radius 1 is 1.42 bits per heavy atom. The minimum atomic E-state index is 0.0660. The highest BCUT2D eigenvalue weighted by atomic mass is 16.1. The standard InChI is InChI=1S/C8H19N3O/c1-4-10-8(12)7-9-5-6-11(2)3/h9H,4-7H2,1-3H3,(H,10,12). The lowest BCUT2D eigenvalue weighted by Crippen LogP contribution is -2.36. The first kappa shape index (κ1) is 11.4. The van der Waals surface area contributed by atoms with Crippen molar-refractivity contribution >= 4 is 5.91 Å². The Morgan fingerprint density at radius 3 is 2.58 bits per heavy atom. The van der Waals surface area contributed by atoms with Gasteiger partial charge >= 0.3 is 0 Å². The van der Waals surface area contributed by atoms with Crippen LogP contribution in [0.25, 0.3) is 0 Å². The fraction of sp³-hybridized carbons (Fsp3) is 0.875. The predicted molar refractivity (Wildman–Crippen MR) is 50.1 cm³/mol. The summed E-state index contributed by atoms with van der Waals surface area (Å²) in [7, 11) is 4.02. The molecule has 0 heterocycles. The van der Waals surface area contributed by atoms with Gasteiger partial charge in [0.05, 0.1) is 6.54 Å². The lowest BCUT2D eigenvalue weighted by molar-refractivity contribution is -0.120. The van der Waals surface area contributed by atoms with Gasteiger partial charge in [-0.1, -0.05) is 0 Å². The predicted octanol–water partition coefficient (Wildman–Crippen LogP) is -0.726. The van der Waals surface area contributed by atoms with Crippen molar-refractivity contribution in [2.24, 2.45) is 0 Å². The lowest BCUT2D eigenvalue weighted by Gasteiger charge is -2.09. The number of nitrogens with one attached hydrogen (secondary N) is 2. The van der Waals surface area contributed by atoms with E-state index in [4.69, 9.17) is 0 Å². The summed E-state index contributed by atoms with van der Waals surface area (Å²) in [6, 6.07) is 0. The van der Waals surface area contributed by atoms with Gasteiger partial charge in [0.2, 0.25) is 5.91 Å². The zero-order valence-electron chi connectivity index (χ0n) is 8.18. The fourth-order valence-corrected chi connectivity index (χ4v) is 0.764. The van der Waals surface area contributed by atoms with Crippen LogP contribution in [0.1, 0.15) is 6.92 Å². The SMILES string of the molecule is CCNC(=O)CNCCN(C)C. The van der Waals surface area contributed by atoms with Gasteiger partial charge in [-0.2, -0.15) is 0 Å². The Bertz CT molecular complexity index is 125. The normalized spacial score (nSPS) is 10.3. The molecule has 72 valence electrons. The van der Waals surface area contributed by atoms with E-state index in [1.165, 1.54) is 0 Å². The van der Waals surface area contributed by atoms with Gasteiger partial charge in [-0.05, 0) is 21.0 Å². The van der Waals surface area contributed by atoms with Crippen molar-refractivity contribution in [1.29, 1.82) is 0 Å². The summed E-state index contributed by atoms with van der Waals surface area (Å²) < 4.78 is 0. The molecule has 0 aromatic rings. The minimum absolute atomic E-state index is 0.0660. The maximum Gasteiger partial charge on any atom is 0.233 e. The first-order chi connectivity index (χ1) is 5.66. The average Bonchev–Trinajstić information content (AvgIpc) is 1.98. The number of amides is 1. The molecule has 0 aliphatic carbocycles. The van der Waals surface area contributed by atoms with E-state index in [2.05, 4.69) is 15.5 Å². The first-order valence-electron chi connectivity index (χ1n) is 4.29. The Kier molecular flexibility index (Phi) is 6.70. The van der Waals surface area contributed by atoms with Crippen molar-refractivity contribution in [2.45, 2.75) is 6.92 Å². The van der Waals surface area contributed by atoms with Crippen LogP contribution in [0.15, 0.2) is 0 Å². The summed E-state index contributed by atoms with van der Waals surface area (Å²) in [5, 5.41) is 5.77. The van der Waals surface area contributed by atoms with Crippen molar-refractivity contribution in [2.75, 3.05) is 40.3 Å². The third-order valence-electron chi connectivity index (χ3n) is 1.40. The Morgan fingerprint density at radius 2 is 2.08 bits per heavy atom. The van der Waals surface area contributed by atoms with Crippen LogP contribution < -0.4 is 10.6 Å². The van der Waals surface area contributed by atoms with Crippen LogP contribution in [0, 0.1) is 0 Å². The molecule has 0 spiro atoms. The zero-order valence-corrected chi connectivity index (χ0v) is 8.18. The van der Waals surface area contributed by atoms with E-state index >= 15 is 0 Å². The maximum atomic E-state index is 10.9. The van der Waals surface area contributed by atoms with Crippen molar-refractivity contribution in [3.63, 3.8) is 0 Å². The molecule has 0 rings (SSSR count). The second-order valence-electron chi connectivity index (χ2n) is 2.93. The summed E-state index contributed by atoms with van der Waals surface area (Å²) in [5.41, 5.74) is 0. The highest BCUT2D eigenvalue weighted by Crippen LogP contribution is 1.70. The number of likely N-dealkylation sites (N-methyl/N-ethyl adjacent to an activating group) is 2. The summed E-state index contributed by atoms with van der Waals surface area (Å²) in [4.78, 5) is 13.0. The third-order valence-corrected chi connectivity index (χ3v) is 1.40. The molecular weight excluding hydrogens is 154 g/mol. The number of rotatable bonds is 6. The minimum Gasteiger partial charge on any atom is -0.355 e. The molecule has 0 bridgehead atoms. The second-order valence-corrected chi connectivity index (χ2v) is 2.93. The summed E-state index contributed by atoms with van der Waals surface area (Å²) in [6.07, 6.45) is 0. The number of hydrogen-bond acceptors (Lipinski definition) is 3. The second kappa shape index (κ2) is 7.06. The van der Waals surface area contributed by atoms with E-state index in [-0.39, 0.29) is 5.91 Å². The van der Waals surface area contributed by atoms with Crippen molar-refractivity contribution in [1.82, 2.24) is 15.5 Å². The quantitative estimate of drug-likeness (QED) is 0.521. The molecule has 0 unspecified atom stereocenters.